The average Bonchev–Trinajstić information content (AvgIpc) is 2.75. The van der Waals surface area contributed by atoms with Gasteiger partial charge in [-0.3, -0.25) is 0 Å². The molecule has 19 heavy (non-hydrogen) atoms. The molecule has 1 aliphatic rings. The Balaban J connectivity index is 0.000000404. The normalized spacial score (nSPS) is 11.5. The number of aliphatic hydroxyl groups is 1. The van der Waals surface area contributed by atoms with Gasteiger partial charge in [-0.05, 0) is 18.6 Å². The Morgan fingerprint density at radius 2 is 1.95 bits per heavy atom. The number of fused-ring (bicyclic) bond motifs is 1. The van der Waals surface area contributed by atoms with E-state index in [-0.39, 0.29) is 58.2 Å². The Kier molecular flexibility index (Phi) is 10.1. The van der Waals surface area contributed by atoms with E-state index >= 15 is 0 Å². The molecule has 0 saturated heterocycles. The standard InChI is InChI=1S/C9H9O3.C5H11O.K/c1-6-3-8-9(12-5-11-8)4-7(6)10-2;1-5(2)3-4-6;/h3-4H,2,5H2,1H3;4-6H,3H2,1-2H3;/q2*-1;+1. The number of hydrogen-bond acceptors (Lipinski definition) is 4. The summed E-state index contributed by atoms with van der Waals surface area (Å²) in [5, 5.41) is 8.11. The number of hydrogen-bond donors (Lipinski definition) is 1. The minimum Gasteiger partial charge on any atom is -0.665 e. The van der Waals surface area contributed by atoms with Gasteiger partial charge in [-0.25, -0.2) is 6.61 Å². The van der Waals surface area contributed by atoms with Gasteiger partial charge in [0.05, 0.1) is 5.75 Å². The van der Waals surface area contributed by atoms with Gasteiger partial charge in [0.15, 0.2) is 11.5 Å². The molecule has 0 aromatic heterocycles. The van der Waals surface area contributed by atoms with Gasteiger partial charge >= 0.3 is 51.4 Å². The van der Waals surface area contributed by atoms with Gasteiger partial charge in [-0.2, -0.15) is 13.5 Å². The van der Waals surface area contributed by atoms with Crippen LogP contribution in [0.1, 0.15) is 25.8 Å². The van der Waals surface area contributed by atoms with E-state index in [4.69, 9.17) is 19.3 Å². The van der Waals surface area contributed by atoms with Crippen LogP contribution in [0.3, 0.4) is 0 Å². The van der Waals surface area contributed by atoms with E-state index in [0.717, 1.165) is 29.2 Å². The number of aliphatic hydroxyl groups excluding tert-OH is 1. The summed E-state index contributed by atoms with van der Waals surface area (Å²) < 4.78 is 15.2. The van der Waals surface area contributed by atoms with Crippen molar-refractivity contribution in [2.45, 2.75) is 27.2 Å². The quantitative estimate of drug-likeness (QED) is 0.649. The smallest absolute Gasteiger partial charge is 0.665 e. The molecular formula is C14H20KO4-. The SMILES string of the molecule is CC(C)C[CH-]O.[CH2-]Oc1cc2c(cc1C)OCO2.[K+]. The average molecular weight is 291 g/mol. The zero-order valence-electron chi connectivity index (χ0n) is 12.1. The fourth-order valence-electron chi connectivity index (χ4n) is 1.39. The van der Waals surface area contributed by atoms with E-state index in [1.807, 2.05) is 13.0 Å². The second-order valence-electron chi connectivity index (χ2n) is 4.43. The largest absolute Gasteiger partial charge is 1.00 e. The molecule has 1 N–H and O–H groups in total. The summed E-state index contributed by atoms with van der Waals surface area (Å²) >= 11 is 0. The Bertz CT molecular complexity index is 379. The van der Waals surface area contributed by atoms with Gasteiger partial charge in [0, 0.05) is 6.07 Å². The first kappa shape index (κ1) is 19.2. The summed E-state index contributed by atoms with van der Waals surface area (Å²) in [5.41, 5.74) is 0.995. The van der Waals surface area contributed by atoms with Crippen LogP contribution in [0.25, 0.3) is 0 Å². The first-order valence-electron chi connectivity index (χ1n) is 5.86. The number of benzene rings is 1. The Morgan fingerprint density at radius 3 is 2.37 bits per heavy atom. The summed E-state index contributed by atoms with van der Waals surface area (Å²) in [7, 11) is 3.35. The van der Waals surface area contributed by atoms with Crippen LogP contribution in [-0.4, -0.2) is 11.9 Å². The van der Waals surface area contributed by atoms with Crippen molar-refractivity contribution in [3.63, 3.8) is 0 Å². The van der Waals surface area contributed by atoms with Crippen molar-refractivity contribution in [3.8, 4) is 17.2 Å². The summed E-state index contributed by atoms with van der Waals surface area (Å²) in [5.74, 6) is 2.81. The number of aryl methyl sites for hydroxylation is 1. The summed E-state index contributed by atoms with van der Waals surface area (Å²) in [6.07, 6.45) is 0.806. The molecule has 102 valence electrons. The summed E-state index contributed by atoms with van der Waals surface area (Å²) in [6.45, 7) is 7.54. The number of ether oxygens (including phenoxy) is 3. The van der Waals surface area contributed by atoms with Crippen LogP contribution in [0.5, 0.6) is 17.2 Å². The fraction of sp³-hybridized carbons (Fsp3) is 0.429. The molecule has 0 atom stereocenters. The first-order valence-corrected chi connectivity index (χ1v) is 5.86. The Morgan fingerprint density at radius 1 is 1.37 bits per heavy atom. The van der Waals surface area contributed by atoms with E-state index in [9.17, 15) is 0 Å². The van der Waals surface area contributed by atoms with Crippen molar-refractivity contribution in [3.05, 3.63) is 31.4 Å². The van der Waals surface area contributed by atoms with Crippen molar-refractivity contribution in [2.75, 3.05) is 6.79 Å². The van der Waals surface area contributed by atoms with Crippen molar-refractivity contribution in [1.29, 1.82) is 0 Å². The molecule has 0 radical (unpaired) electrons. The third-order valence-corrected chi connectivity index (χ3v) is 2.40. The van der Waals surface area contributed by atoms with Crippen molar-refractivity contribution >= 4 is 0 Å². The van der Waals surface area contributed by atoms with Gasteiger partial charge in [-0.1, -0.05) is 19.8 Å². The van der Waals surface area contributed by atoms with E-state index in [1.165, 1.54) is 6.61 Å². The van der Waals surface area contributed by atoms with E-state index in [0.29, 0.717) is 5.92 Å². The van der Waals surface area contributed by atoms with E-state index in [1.54, 1.807) is 6.07 Å². The minimum atomic E-state index is 0. The molecule has 2 rings (SSSR count). The first-order chi connectivity index (χ1) is 8.58. The zero-order valence-corrected chi connectivity index (χ0v) is 15.2. The van der Waals surface area contributed by atoms with Gasteiger partial charge in [0.2, 0.25) is 6.79 Å². The zero-order chi connectivity index (χ0) is 13.5. The maximum Gasteiger partial charge on any atom is 1.00 e. The molecule has 0 saturated carbocycles. The molecule has 0 aliphatic carbocycles. The number of rotatable bonds is 3. The van der Waals surface area contributed by atoms with Crippen LogP contribution < -0.4 is 65.6 Å². The minimum absolute atomic E-state index is 0. The van der Waals surface area contributed by atoms with E-state index < -0.39 is 0 Å². The second kappa shape index (κ2) is 10.0. The Labute approximate surface area is 157 Å². The van der Waals surface area contributed by atoms with Crippen LogP contribution in [0.15, 0.2) is 12.1 Å². The molecule has 0 unspecified atom stereocenters. The Hall–Kier alpha value is 0.216. The maximum atomic E-state index is 8.11. The van der Waals surface area contributed by atoms with Crippen LogP contribution in [-0.2, 0) is 0 Å². The van der Waals surface area contributed by atoms with Crippen LogP contribution in [0, 0.1) is 26.6 Å². The van der Waals surface area contributed by atoms with Crippen LogP contribution in [0.4, 0.5) is 0 Å². The van der Waals surface area contributed by atoms with Gasteiger partial charge in [0.1, 0.15) is 0 Å². The van der Waals surface area contributed by atoms with Gasteiger partial charge < -0.3 is 19.3 Å². The maximum absolute atomic E-state index is 8.11. The van der Waals surface area contributed by atoms with E-state index in [2.05, 4.69) is 21.0 Å². The molecule has 5 heteroatoms. The molecule has 0 fully saturated rings. The molecule has 0 spiro atoms. The topological polar surface area (TPSA) is 47.9 Å². The molecule has 4 nitrogen and oxygen atoms in total. The molecule has 0 amide bonds. The summed E-state index contributed by atoms with van der Waals surface area (Å²) in [6, 6.07) is 3.66. The fourth-order valence-corrected chi connectivity index (χ4v) is 1.39. The monoisotopic (exact) mass is 291 g/mol. The van der Waals surface area contributed by atoms with Crippen molar-refractivity contribution in [1.82, 2.24) is 0 Å². The van der Waals surface area contributed by atoms with Gasteiger partial charge in [-0.15, -0.1) is 0 Å². The van der Waals surface area contributed by atoms with Crippen LogP contribution >= 0.6 is 0 Å². The van der Waals surface area contributed by atoms with Crippen molar-refractivity contribution < 1.29 is 70.7 Å². The van der Waals surface area contributed by atoms with Crippen molar-refractivity contribution in [2.24, 2.45) is 5.92 Å². The predicted molar refractivity (Wildman–Crippen MR) is 69.0 cm³/mol. The van der Waals surface area contributed by atoms with Gasteiger partial charge in [0.25, 0.3) is 0 Å². The molecule has 1 aliphatic heterocycles. The molecule has 1 heterocycles. The molecule has 1 aromatic rings. The second-order valence-corrected chi connectivity index (χ2v) is 4.43. The molecule has 0 bridgehead atoms. The predicted octanol–water partition coefficient (Wildman–Crippen LogP) is 0.465. The molecular weight excluding hydrogens is 271 g/mol. The molecule has 1 aromatic carbocycles. The van der Waals surface area contributed by atoms with Crippen LogP contribution in [0.2, 0.25) is 0 Å². The third-order valence-electron chi connectivity index (χ3n) is 2.40. The summed E-state index contributed by atoms with van der Waals surface area (Å²) in [4.78, 5) is 0. The third kappa shape index (κ3) is 6.47.